The van der Waals surface area contributed by atoms with Crippen LogP contribution in [0, 0.1) is 11.8 Å². The number of piperidine rings is 1. The first-order valence-corrected chi connectivity index (χ1v) is 8.53. The van der Waals surface area contributed by atoms with E-state index in [1.807, 2.05) is 11.8 Å². The molecule has 1 rings (SSSR count). The van der Waals surface area contributed by atoms with E-state index in [1.165, 1.54) is 0 Å². The van der Waals surface area contributed by atoms with Gasteiger partial charge in [-0.05, 0) is 31.2 Å². The monoisotopic (exact) mass is 348 g/mol. The SMILES string of the molecule is CCNCCNC(=O)CC1CCCN(C(=O)NCC(C)C)C1.Cl. The van der Waals surface area contributed by atoms with Gasteiger partial charge in [-0.1, -0.05) is 20.8 Å². The summed E-state index contributed by atoms with van der Waals surface area (Å²) in [6, 6.07) is 0.00551. The zero-order chi connectivity index (χ0) is 16.4. The normalized spacial score (nSPS) is 17.6. The maximum atomic E-state index is 12.1. The number of amides is 3. The Morgan fingerprint density at radius 2 is 1.96 bits per heavy atom. The minimum Gasteiger partial charge on any atom is -0.355 e. The van der Waals surface area contributed by atoms with E-state index in [2.05, 4.69) is 29.8 Å². The summed E-state index contributed by atoms with van der Waals surface area (Å²) in [7, 11) is 0. The van der Waals surface area contributed by atoms with Gasteiger partial charge < -0.3 is 20.9 Å². The number of likely N-dealkylation sites (N-methyl/N-ethyl adjacent to an activating group) is 1. The molecule has 0 aromatic heterocycles. The summed E-state index contributed by atoms with van der Waals surface area (Å²) in [6.07, 6.45) is 2.51. The molecule has 0 saturated carbocycles. The summed E-state index contributed by atoms with van der Waals surface area (Å²) in [5.41, 5.74) is 0. The van der Waals surface area contributed by atoms with E-state index in [4.69, 9.17) is 0 Å². The molecule has 136 valence electrons. The van der Waals surface area contributed by atoms with E-state index in [1.54, 1.807) is 0 Å². The number of carbonyl (C=O) groups excluding carboxylic acids is 2. The molecule has 1 aliphatic rings. The molecule has 0 aromatic rings. The van der Waals surface area contributed by atoms with Gasteiger partial charge in [0.05, 0.1) is 0 Å². The molecule has 6 nitrogen and oxygen atoms in total. The van der Waals surface area contributed by atoms with Crippen LogP contribution in [0.25, 0.3) is 0 Å². The largest absolute Gasteiger partial charge is 0.355 e. The molecule has 3 amide bonds. The first-order valence-electron chi connectivity index (χ1n) is 8.53. The van der Waals surface area contributed by atoms with Crippen LogP contribution in [0.2, 0.25) is 0 Å². The van der Waals surface area contributed by atoms with Crippen molar-refractivity contribution in [2.45, 2.75) is 40.0 Å². The lowest BCUT2D eigenvalue weighted by Crippen LogP contribution is -2.47. The average Bonchev–Trinajstić information content (AvgIpc) is 2.49. The van der Waals surface area contributed by atoms with Gasteiger partial charge in [0.2, 0.25) is 5.91 Å². The quantitative estimate of drug-likeness (QED) is 0.583. The third-order valence-corrected chi connectivity index (χ3v) is 3.82. The van der Waals surface area contributed by atoms with Crippen molar-refractivity contribution in [3.8, 4) is 0 Å². The number of urea groups is 1. The second-order valence-corrected chi connectivity index (χ2v) is 6.44. The van der Waals surface area contributed by atoms with E-state index < -0.39 is 0 Å². The van der Waals surface area contributed by atoms with Crippen molar-refractivity contribution in [3.05, 3.63) is 0 Å². The van der Waals surface area contributed by atoms with Crippen molar-refractivity contribution in [2.75, 3.05) is 39.3 Å². The predicted octanol–water partition coefficient (Wildman–Crippen LogP) is 1.60. The second kappa shape index (κ2) is 12.4. The zero-order valence-electron chi connectivity index (χ0n) is 14.7. The summed E-state index contributed by atoms with van der Waals surface area (Å²) in [6.45, 7) is 10.8. The predicted molar refractivity (Wildman–Crippen MR) is 96.0 cm³/mol. The molecule has 1 aliphatic heterocycles. The van der Waals surface area contributed by atoms with E-state index in [-0.39, 0.29) is 30.3 Å². The zero-order valence-corrected chi connectivity index (χ0v) is 15.5. The van der Waals surface area contributed by atoms with E-state index >= 15 is 0 Å². The van der Waals surface area contributed by atoms with Gasteiger partial charge in [0.15, 0.2) is 0 Å². The second-order valence-electron chi connectivity index (χ2n) is 6.44. The maximum Gasteiger partial charge on any atom is 0.317 e. The van der Waals surface area contributed by atoms with Gasteiger partial charge in [0.25, 0.3) is 0 Å². The van der Waals surface area contributed by atoms with Crippen molar-refractivity contribution in [1.29, 1.82) is 0 Å². The Labute approximate surface area is 146 Å². The fourth-order valence-electron chi connectivity index (χ4n) is 2.62. The van der Waals surface area contributed by atoms with Crippen LogP contribution in [0.15, 0.2) is 0 Å². The first-order chi connectivity index (χ1) is 10.5. The Bertz CT molecular complexity index is 353. The van der Waals surface area contributed by atoms with Crippen LogP contribution < -0.4 is 16.0 Å². The summed E-state index contributed by atoms with van der Waals surface area (Å²) >= 11 is 0. The number of rotatable bonds is 8. The van der Waals surface area contributed by atoms with Gasteiger partial charge in [-0.15, -0.1) is 12.4 Å². The minimum absolute atomic E-state index is 0. The summed E-state index contributed by atoms with van der Waals surface area (Å²) in [4.78, 5) is 25.8. The molecule has 1 unspecified atom stereocenters. The summed E-state index contributed by atoms with van der Waals surface area (Å²) < 4.78 is 0. The first kappa shape index (κ1) is 22.0. The van der Waals surface area contributed by atoms with E-state index in [0.29, 0.717) is 32.0 Å². The lowest BCUT2D eigenvalue weighted by molar-refractivity contribution is -0.122. The van der Waals surface area contributed by atoms with Crippen LogP contribution in [0.4, 0.5) is 4.79 Å². The third kappa shape index (κ3) is 9.66. The van der Waals surface area contributed by atoms with Gasteiger partial charge >= 0.3 is 6.03 Å². The average molecular weight is 349 g/mol. The molecule has 3 N–H and O–H groups in total. The number of halogens is 1. The highest BCUT2D eigenvalue weighted by Crippen LogP contribution is 2.19. The maximum absolute atomic E-state index is 12.1. The van der Waals surface area contributed by atoms with Crippen LogP contribution in [0.3, 0.4) is 0 Å². The fraction of sp³-hybridized carbons (Fsp3) is 0.875. The smallest absolute Gasteiger partial charge is 0.317 e. The summed E-state index contributed by atoms with van der Waals surface area (Å²) in [5, 5.41) is 9.06. The molecule has 1 saturated heterocycles. The van der Waals surface area contributed by atoms with Gasteiger partial charge in [0.1, 0.15) is 0 Å². The molecule has 1 fully saturated rings. The van der Waals surface area contributed by atoms with E-state index in [9.17, 15) is 9.59 Å². The van der Waals surface area contributed by atoms with E-state index in [0.717, 1.165) is 32.5 Å². The minimum atomic E-state index is 0. The molecule has 0 aromatic carbocycles. The molecule has 0 bridgehead atoms. The molecule has 0 spiro atoms. The highest BCUT2D eigenvalue weighted by Gasteiger charge is 2.25. The lowest BCUT2D eigenvalue weighted by Gasteiger charge is -2.32. The Kier molecular flexibility index (Phi) is 11.9. The van der Waals surface area contributed by atoms with Crippen molar-refractivity contribution in [1.82, 2.24) is 20.9 Å². The topological polar surface area (TPSA) is 73.5 Å². The highest BCUT2D eigenvalue weighted by atomic mass is 35.5. The molecular formula is C16H33ClN4O2. The fourth-order valence-corrected chi connectivity index (χ4v) is 2.62. The Balaban J connectivity index is 0.00000484. The lowest BCUT2D eigenvalue weighted by atomic mass is 9.94. The van der Waals surface area contributed by atoms with Crippen molar-refractivity contribution < 1.29 is 9.59 Å². The third-order valence-electron chi connectivity index (χ3n) is 3.82. The highest BCUT2D eigenvalue weighted by molar-refractivity contribution is 5.85. The van der Waals surface area contributed by atoms with Crippen molar-refractivity contribution in [2.24, 2.45) is 11.8 Å². The standard InChI is InChI=1S/C16H32N4O2.ClH/c1-4-17-7-8-18-15(21)10-14-6-5-9-20(12-14)16(22)19-11-13(2)3;/h13-14,17H,4-12H2,1-3H3,(H,18,21)(H,19,22);1H. The Hall–Kier alpha value is -1.01. The molecule has 1 heterocycles. The van der Waals surface area contributed by atoms with Gasteiger partial charge in [-0.3, -0.25) is 4.79 Å². The van der Waals surface area contributed by atoms with Crippen LogP contribution in [-0.4, -0.2) is 56.1 Å². The molecule has 0 radical (unpaired) electrons. The van der Waals surface area contributed by atoms with Gasteiger partial charge in [-0.2, -0.15) is 0 Å². The van der Waals surface area contributed by atoms with Crippen molar-refractivity contribution in [3.63, 3.8) is 0 Å². The Morgan fingerprint density at radius 1 is 1.22 bits per heavy atom. The molecule has 1 atom stereocenters. The molecule has 7 heteroatoms. The Morgan fingerprint density at radius 3 is 2.61 bits per heavy atom. The van der Waals surface area contributed by atoms with Crippen LogP contribution in [0.5, 0.6) is 0 Å². The van der Waals surface area contributed by atoms with Crippen LogP contribution >= 0.6 is 12.4 Å². The number of hydrogen-bond donors (Lipinski definition) is 3. The number of nitrogens with one attached hydrogen (secondary N) is 3. The van der Waals surface area contributed by atoms with Gasteiger partial charge in [-0.25, -0.2) is 4.79 Å². The molecule has 0 aliphatic carbocycles. The van der Waals surface area contributed by atoms with Crippen molar-refractivity contribution >= 4 is 24.3 Å². The van der Waals surface area contributed by atoms with Crippen LogP contribution in [-0.2, 0) is 4.79 Å². The number of nitrogens with zero attached hydrogens (tertiary/aromatic N) is 1. The summed E-state index contributed by atoms with van der Waals surface area (Å²) in [5.74, 6) is 0.817. The molecule has 23 heavy (non-hydrogen) atoms. The molecular weight excluding hydrogens is 316 g/mol. The number of likely N-dealkylation sites (tertiary alicyclic amines) is 1. The van der Waals surface area contributed by atoms with Gasteiger partial charge in [0, 0.05) is 39.1 Å². The number of hydrogen-bond acceptors (Lipinski definition) is 3. The van der Waals surface area contributed by atoms with Crippen LogP contribution in [0.1, 0.15) is 40.0 Å². The number of carbonyl (C=O) groups is 2.